The Bertz CT molecular complexity index is 2430. The molecule has 6 heterocycles. The van der Waals surface area contributed by atoms with Crippen molar-refractivity contribution in [2.45, 2.75) is 87.5 Å². The summed E-state index contributed by atoms with van der Waals surface area (Å²) in [6.45, 7) is 4.85. The zero-order valence-electron chi connectivity index (χ0n) is 32.8. The van der Waals surface area contributed by atoms with E-state index in [0.29, 0.717) is 67.5 Å². The highest BCUT2D eigenvalue weighted by atomic mass is 32.2. The van der Waals surface area contributed by atoms with Gasteiger partial charge in [0.05, 0.1) is 4.90 Å². The first-order valence-electron chi connectivity index (χ1n) is 20.5. The van der Waals surface area contributed by atoms with Crippen molar-refractivity contribution in [2.75, 3.05) is 56.5 Å². The van der Waals surface area contributed by atoms with Gasteiger partial charge in [-0.25, -0.2) is 13.4 Å². The lowest BCUT2D eigenvalue weighted by Gasteiger charge is -2.36. The third-order valence-corrected chi connectivity index (χ3v) is 14.6. The monoisotopic (exact) mass is 807 g/mol. The average molecular weight is 808 g/mol. The Labute approximate surface area is 337 Å². The minimum absolute atomic E-state index is 0.000765. The maximum atomic E-state index is 13.9. The number of nitrogens with zero attached hydrogens (tertiary/aromatic N) is 8. The van der Waals surface area contributed by atoms with Crippen LogP contribution in [0.15, 0.2) is 70.5 Å². The summed E-state index contributed by atoms with van der Waals surface area (Å²) in [6, 6.07) is 16.0. The van der Waals surface area contributed by atoms with Crippen molar-refractivity contribution in [2.24, 2.45) is 0 Å². The number of hydrogen-bond donors (Lipinski definition) is 1. The Morgan fingerprint density at radius 2 is 1.62 bits per heavy atom. The number of benzene rings is 2. The summed E-state index contributed by atoms with van der Waals surface area (Å²) in [5, 5.41) is 4.24. The van der Waals surface area contributed by atoms with Gasteiger partial charge in [0.15, 0.2) is 0 Å². The van der Waals surface area contributed by atoms with E-state index in [1.54, 1.807) is 39.7 Å². The second-order valence-electron chi connectivity index (χ2n) is 16.3. The number of imide groups is 1. The van der Waals surface area contributed by atoms with E-state index in [0.717, 1.165) is 79.0 Å². The Morgan fingerprint density at radius 1 is 0.845 bits per heavy atom. The van der Waals surface area contributed by atoms with Crippen LogP contribution in [0.25, 0.3) is 11.0 Å². The van der Waals surface area contributed by atoms with Gasteiger partial charge in [-0.2, -0.15) is 9.29 Å². The number of amides is 3. The fraction of sp³-hybridized carbons (Fsp3) is 0.476. The molecule has 1 N–H and O–H groups in total. The highest BCUT2D eigenvalue weighted by molar-refractivity contribution is 7.89. The van der Waals surface area contributed by atoms with Crippen molar-refractivity contribution < 1.29 is 22.8 Å². The van der Waals surface area contributed by atoms with Crippen LogP contribution in [0.3, 0.4) is 0 Å². The van der Waals surface area contributed by atoms with Crippen LogP contribution in [0.2, 0.25) is 0 Å². The van der Waals surface area contributed by atoms with Gasteiger partial charge < -0.3 is 15.1 Å². The van der Waals surface area contributed by atoms with Gasteiger partial charge in [-0.1, -0.05) is 25.0 Å². The average Bonchev–Trinajstić information content (AvgIpc) is 3.88. The molecule has 5 aliphatic rings. The van der Waals surface area contributed by atoms with Crippen molar-refractivity contribution >= 4 is 50.4 Å². The Morgan fingerprint density at radius 3 is 2.40 bits per heavy atom. The number of carbonyl (C=O) groups excluding carboxylic acids is 3. The molecule has 1 saturated carbocycles. The van der Waals surface area contributed by atoms with E-state index in [-0.39, 0.29) is 41.8 Å². The topological polar surface area (TPSA) is 161 Å². The molecule has 3 amide bonds. The molecule has 2 aromatic heterocycles. The van der Waals surface area contributed by atoms with Crippen molar-refractivity contribution in [3.63, 3.8) is 0 Å². The minimum Gasteiger partial charge on any atom is -0.369 e. The molecule has 1 atom stereocenters. The van der Waals surface area contributed by atoms with Crippen molar-refractivity contribution in [3.05, 3.63) is 87.8 Å². The number of pyridine rings is 1. The maximum Gasteiger partial charge on any atom is 0.255 e. The number of sulfonamides is 1. The molecule has 4 aromatic rings. The summed E-state index contributed by atoms with van der Waals surface area (Å²) in [5.41, 5.74) is 4.07. The molecular weight excluding hydrogens is 759 g/mol. The summed E-state index contributed by atoms with van der Waals surface area (Å²) < 4.78 is 31.1. The van der Waals surface area contributed by atoms with E-state index >= 15 is 0 Å². The fourth-order valence-electron chi connectivity index (χ4n) is 9.39. The summed E-state index contributed by atoms with van der Waals surface area (Å²) in [7, 11) is -2.22. The Kier molecular flexibility index (Phi) is 10.3. The van der Waals surface area contributed by atoms with Crippen LogP contribution in [0.5, 0.6) is 0 Å². The van der Waals surface area contributed by atoms with Crippen LogP contribution in [-0.2, 0) is 32.7 Å². The molecule has 4 fully saturated rings. The van der Waals surface area contributed by atoms with Crippen molar-refractivity contribution in [3.8, 4) is 0 Å². The molecule has 0 spiro atoms. The SMILES string of the molecule is CN1C(=O)CCC(N2Cc3cc(N4CCN(Cc5cccc(S(=O)(=O)N6CCC(Nc7ncc8ccc(=O)n(C9CCCC9)c8n7)CC6)c5)CC4)ccc3C2=O)C1=O. The zero-order valence-corrected chi connectivity index (χ0v) is 33.6. The first-order chi connectivity index (χ1) is 28.0. The zero-order chi connectivity index (χ0) is 40.1. The number of rotatable bonds is 9. The second-order valence-corrected chi connectivity index (χ2v) is 18.2. The first-order valence-corrected chi connectivity index (χ1v) is 21.9. The molecule has 58 heavy (non-hydrogen) atoms. The molecule has 16 heteroatoms. The molecule has 0 bridgehead atoms. The van der Waals surface area contributed by atoms with E-state index in [1.807, 2.05) is 34.9 Å². The van der Waals surface area contributed by atoms with Gasteiger partial charge >= 0.3 is 0 Å². The van der Waals surface area contributed by atoms with Gasteiger partial charge in [-0.3, -0.25) is 33.5 Å². The lowest BCUT2D eigenvalue weighted by atomic mass is 10.0. The summed E-state index contributed by atoms with van der Waals surface area (Å²) in [4.78, 5) is 67.9. The van der Waals surface area contributed by atoms with Crippen LogP contribution in [0, 0.1) is 0 Å². The number of likely N-dealkylation sites (N-methyl/N-ethyl adjacent to an activating group) is 1. The number of piperidine rings is 2. The molecule has 15 nitrogen and oxygen atoms in total. The predicted molar refractivity (Wildman–Crippen MR) is 218 cm³/mol. The molecule has 2 aromatic carbocycles. The minimum atomic E-state index is -3.70. The molecule has 9 rings (SSSR count). The summed E-state index contributed by atoms with van der Waals surface area (Å²) >= 11 is 0. The third kappa shape index (κ3) is 7.26. The number of carbonyl (C=O) groups is 3. The normalized spacial score (nSPS) is 21.7. The van der Waals surface area contributed by atoms with Gasteiger partial charge in [0.25, 0.3) is 17.4 Å². The largest absolute Gasteiger partial charge is 0.369 e. The summed E-state index contributed by atoms with van der Waals surface area (Å²) in [6.07, 6.45) is 7.71. The molecular formula is C42H49N9O6S. The highest BCUT2D eigenvalue weighted by Gasteiger charge is 2.41. The maximum absolute atomic E-state index is 13.9. The summed E-state index contributed by atoms with van der Waals surface area (Å²) in [5.74, 6) is -0.253. The first kappa shape index (κ1) is 38.3. The fourth-order valence-corrected chi connectivity index (χ4v) is 10.9. The standard InChI is InChI=1S/C42H49N9O6S/c1-46-37(52)14-12-36(41(46)55)50-27-30-24-33(10-11-35(30)40(50)54)48-21-19-47(20-22-48)26-28-5-4-8-34(23-28)58(56,57)49-17-15-31(16-18-49)44-42-43-25-29-9-13-38(53)51(39(29)45-42)32-6-2-3-7-32/h4-5,8-11,13,23-25,31-32,36H,2-3,6-7,12,14-22,26-27H2,1H3,(H,43,44,45). The van der Waals surface area contributed by atoms with E-state index in [4.69, 9.17) is 4.98 Å². The van der Waals surface area contributed by atoms with E-state index < -0.39 is 16.1 Å². The number of piperazine rings is 1. The third-order valence-electron chi connectivity index (χ3n) is 12.7. The van der Waals surface area contributed by atoms with Gasteiger partial charge in [-0.05, 0) is 79.6 Å². The van der Waals surface area contributed by atoms with Crippen LogP contribution < -0.4 is 15.8 Å². The van der Waals surface area contributed by atoms with Crippen LogP contribution in [0.4, 0.5) is 11.6 Å². The van der Waals surface area contributed by atoms with Crippen LogP contribution in [-0.4, -0.2) is 118 Å². The smallest absolute Gasteiger partial charge is 0.255 e. The predicted octanol–water partition coefficient (Wildman–Crippen LogP) is 3.60. The number of likely N-dealkylation sites (tertiary alicyclic amines) is 1. The lowest BCUT2D eigenvalue weighted by molar-refractivity contribution is -0.150. The number of fused-ring (bicyclic) bond motifs is 2. The van der Waals surface area contributed by atoms with Gasteiger partial charge in [0.1, 0.15) is 11.7 Å². The molecule has 4 aliphatic heterocycles. The second kappa shape index (κ2) is 15.5. The molecule has 1 unspecified atom stereocenters. The number of hydrogen-bond acceptors (Lipinski definition) is 11. The van der Waals surface area contributed by atoms with Gasteiger partial charge in [0, 0.05) is 107 Å². The van der Waals surface area contributed by atoms with E-state index in [1.165, 1.54) is 7.05 Å². The Hall–Kier alpha value is -5.19. The molecule has 3 saturated heterocycles. The quantitative estimate of drug-likeness (QED) is 0.246. The van der Waals surface area contributed by atoms with E-state index in [2.05, 4.69) is 20.1 Å². The van der Waals surface area contributed by atoms with Crippen molar-refractivity contribution in [1.29, 1.82) is 0 Å². The molecule has 1 aliphatic carbocycles. The molecule has 304 valence electrons. The van der Waals surface area contributed by atoms with E-state index in [9.17, 15) is 27.6 Å². The number of nitrogens with one attached hydrogen (secondary N) is 1. The van der Waals surface area contributed by atoms with Gasteiger partial charge in [0.2, 0.25) is 21.9 Å². The lowest BCUT2D eigenvalue weighted by Crippen LogP contribution is -2.53. The highest BCUT2D eigenvalue weighted by Crippen LogP contribution is 2.33. The number of anilines is 2. The van der Waals surface area contributed by atoms with Crippen LogP contribution >= 0.6 is 0 Å². The Balaban J connectivity index is 0.784. The van der Waals surface area contributed by atoms with Crippen molar-refractivity contribution in [1.82, 2.24) is 33.5 Å². The van der Waals surface area contributed by atoms with Gasteiger partial charge in [-0.15, -0.1) is 0 Å². The number of aromatic nitrogens is 3. The van der Waals surface area contributed by atoms with Crippen LogP contribution in [0.1, 0.15) is 78.9 Å². The molecule has 0 radical (unpaired) electrons.